The average Bonchev–Trinajstić information content (AvgIpc) is 1.85. The first kappa shape index (κ1) is 9.80. The van der Waals surface area contributed by atoms with Crippen LogP contribution < -0.4 is 0 Å². The molecule has 5 heteroatoms. The zero-order chi connectivity index (χ0) is 8.15. The third kappa shape index (κ3) is 3.76. The molecule has 0 amide bonds. The molecule has 0 bridgehead atoms. The highest BCUT2D eigenvalue weighted by atomic mass is 16.8. The van der Waals surface area contributed by atoms with E-state index < -0.39 is 0 Å². The largest absolute Gasteiger partial charge is 0.314 e. The Morgan fingerprint density at radius 2 is 1.80 bits per heavy atom. The van der Waals surface area contributed by atoms with Crippen LogP contribution in [0.2, 0.25) is 0 Å². The van der Waals surface area contributed by atoms with Gasteiger partial charge in [0, 0.05) is 12.6 Å². The Kier molecular flexibility index (Phi) is 4.50. The third-order valence-corrected chi connectivity index (χ3v) is 1.26. The topological polar surface area (TPSA) is 67.2 Å². The second-order valence-corrected chi connectivity index (χ2v) is 2.16. The standard InChI is InChI=1S/C5H14N2O3/c1-3-6(8)5(2)4-7(9)10/h5,8-10H,3-4H2,1-2H3. The van der Waals surface area contributed by atoms with Gasteiger partial charge in [0.1, 0.15) is 0 Å². The Morgan fingerprint density at radius 3 is 2.10 bits per heavy atom. The molecule has 5 nitrogen and oxygen atoms in total. The van der Waals surface area contributed by atoms with Crippen molar-refractivity contribution in [2.24, 2.45) is 0 Å². The van der Waals surface area contributed by atoms with Gasteiger partial charge in [0.15, 0.2) is 0 Å². The fraction of sp³-hybridized carbons (Fsp3) is 1.00. The van der Waals surface area contributed by atoms with Gasteiger partial charge in [-0.2, -0.15) is 5.06 Å². The molecule has 3 N–H and O–H groups in total. The molecule has 1 atom stereocenters. The van der Waals surface area contributed by atoms with Gasteiger partial charge < -0.3 is 5.21 Å². The summed E-state index contributed by atoms with van der Waals surface area (Å²) >= 11 is 0. The fourth-order valence-corrected chi connectivity index (χ4v) is 0.642. The summed E-state index contributed by atoms with van der Waals surface area (Å²) in [4.78, 5) is 0. The van der Waals surface area contributed by atoms with E-state index in [4.69, 9.17) is 15.6 Å². The van der Waals surface area contributed by atoms with Crippen molar-refractivity contribution in [2.75, 3.05) is 13.1 Å². The van der Waals surface area contributed by atoms with Crippen molar-refractivity contribution >= 4 is 0 Å². The van der Waals surface area contributed by atoms with E-state index >= 15 is 0 Å². The summed E-state index contributed by atoms with van der Waals surface area (Å²) in [6, 6.07) is -0.278. The molecule has 1 unspecified atom stereocenters. The van der Waals surface area contributed by atoms with E-state index in [9.17, 15) is 0 Å². The summed E-state index contributed by atoms with van der Waals surface area (Å²) in [7, 11) is 0. The molecule has 0 radical (unpaired) electrons. The lowest BCUT2D eigenvalue weighted by Crippen LogP contribution is -2.38. The third-order valence-electron chi connectivity index (χ3n) is 1.26. The predicted octanol–water partition coefficient (Wildman–Crippen LogP) is 0.166. The first-order chi connectivity index (χ1) is 4.57. The molecule has 0 aromatic carbocycles. The van der Waals surface area contributed by atoms with Crippen molar-refractivity contribution in [3.8, 4) is 0 Å². The predicted molar refractivity (Wildman–Crippen MR) is 33.9 cm³/mol. The zero-order valence-corrected chi connectivity index (χ0v) is 6.23. The van der Waals surface area contributed by atoms with Gasteiger partial charge in [0.25, 0.3) is 0 Å². The van der Waals surface area contributed by atoms with Crippen molar-refractivity contribution in [3.05, 3.63) is 0 Å². The molecule has 0 aliphatic heterocycles. The second-order valence-electron chi connectivity index (χ2n) is 2.16. The Labute approximate surface area is 60.0 Å². The molecule has 0 heterocycles. The maximum atomic E-state index is 8.96. The van der Waals surface area contributed by atoms with E-state index in [0.29, 0.717) is 6.54 Å². The quantitative estimate of drug-likeness (QED) is 0.498. The van der Waals surface area contributed by atoms with Crippen LogP contribution in [0.5, 0.6) is 0 Å². The van der Waals surface area contributed by atoms with Gasteiger partial charge in [0.2, 0.25) is 0 Å². The van der Waals surface area contributed by atoms with Crippen molar-refractivity contribution in [2.45, 2.75) is 19.9 Å². The number of nitrogens with zero attached hydrogens (tertiary/aromatic N) is 2. The highest BCUT2D eigenvalue weighted by Gasteiger charge is 2.10. The molecular formula is C5H14N2O3. The molecule has 0 fully saturated rings. The Bertz CT molecular complexity index is 89.0. The molecule has 10 heavy (non-hydrogen) atoms. The van der Waals surface area contributed by atoms with Gasteiger partial charge in [-0.05, 0) is 6.92 Å². The van der Waals surface area contributed by atoms with Gasteiger partial charge in [-0.25, -0.2) is 0 Å². The van der Waals surface area contributed by atoms with Crippen molar-refractivity contribution in [1.82, 2.24) is 10.3 Å². The van der Waals surface area contributed by atoms with Crippen LogP contribution >= 0.6 is 0 Å². The van der Waals surface area contributed by atoms with Crippen LogP contribution in [0.4, 0.5) is 0 Å². The van der Waals surface area contributed by atoms with E-state index in [1.165, 1.54) is 0 Å². The number of hydrogen-bond donors (Lipinski definition) is 3. The minimum Gasteiger partial charge on any atom is -0.314 e. The number of hydroxylamine groups is 4. The lowest BCUT2D eigenvalue weighted by molar-refractivity contribution is -0.318. The van der Waals surface area contributed by atoms with E-state index in [-0.39, 0.29) is 17.8 Å². The molecule has 62 valence electrons. The summed E-state index contributed by atoms with van der Waals surface area (Å²) in [5, 5.41) is 26.7. The maximum Gasteiger partial charge on any atom is 0.0689 e. The SMILES string of the molecule is CCN(O)C(C)CN(O)O. The van der Waals surface area contributed by atoms with Crippen LogP contribution in [0.15, 0.2) is 0 Å². The Morgan fingerprint density at radius 1 is 1.30 bits per heavy atom. The summed E-state index contributed by atoms with van der Waals surface area (Å²) in [6.07, 6.45) is 0. The summed E-state index contributed by atoms with van der Waals surface area (Å²) in [6.45, 7) is 3.93. The molecule has 0 aliphatic rings. The van der Waals surface area contributed by atoms with Crippen LogP contribution in [0.25, 0.3) is 0 Å². The molecule has 0 spiro atoms. The Hall–Kier alpha value is -0.200. The van der Waals surface area contributed by atoms with E-state index in [1.54, 1.807) is 13.8 Å². The van der Waals surface area contributed by atoms with Crippen molar-refractivity contribution < 1.29 is 15.6 Å². The van der Waals surface area contributed by atoms with Crippen molar-refractivity contribution in [1.29, 1.82) is 0 Å². The van der Waals surface area contributed by atoms with Gasteiger partial charge in [-0.3, -0.25) is 10.4 Å². The smallest absolute Gasteiger partial charge is 0.0689 e. The minimum absolute atomic E-state index is 0.00431. The van der Waals surface area contributed by atoms with Crippen molar-refractivity contribution in [3.63, 3.8) is 0 Å². The molecule has 0 rings (SSSR count). The number of rotatable bonds is 4. The second kappa shape index (κ2) is 4.59. The van der Waals surface area contributed by atoms with E-state index in [2.05, 4.69) is 0 Å². The average molecular weight is 150 g/mol. The summed E-state index contributed by atoms with van der Waals surface area (Å²) < 4.78 is 0. The van der Waals surface area contributed by atoms with Gasteiger partial charge in [-0.15, -0.1) is 0 Å². The zero-order valence-electron chi connectivity index (χ0n) is 6.23. The van der Waals surface area contributed by atoms with Crippen LogP contribution in [-0.4, -0.2) is 45.0 Å². The van der Waals surface area contributed by atoms with E-state index in [1.807, 2.05) is 0 Å². The minimum atomic E-state index is -0.278. The molecule has 0 saturated carbocycles. The monoisotopic (exact) mass is 150 g/mol. The molecule has 0 aromatic rings. The summed E-state index contributed by atoms with van der Waals surface area (Å²) in [5.74, 6) is 0. The van der Waals surface area contributed by atoms with Crippen LogP contribution in [0.3, 0.4) is 0 Å². The first-order valence-corrected chi connectivity index (χ1v) is 3.18. The molecule has 0 saturated heterocycles. The fourth-order valence-electron chi connectivity index (χ4n) is 0.642. The number of hydrogen-bond acceptors (Lipinski definition) is 5. The highest BCUT2D eigenvalue weighted by Crippen LogP contribution is 1.94. The highest BCUT2D eigenvalue weighted by molar-refractivity contribution is 4.56. The maximum absolute atomic E-state index is 8.96. The van der Waals surface area contributed by atoms with Gasteiger partial charge >= 0.3 is 0 Å². The first-order valence-electron chi connectivity index (χ1n) is 3.18. The molecule has 0 aliphatic carbocycles. The van der Waals surface area contributed by atoms with Gasteiger partial charge in [0.05, 0.1) is 6.54 Å². The molecule has 0 aromatic heterocycles. The lowest BCUT2D eigenvalue weighted by Gasteiger charge is -2.21. The van der Waals surface area contributed by atoms with Crippen LogP contribution in [0, 0.1) is 0 Å². The van der Waals surface area contributed by atoms with Crippen LogP contribution in [-0.2, 0) is 0 Å². The van der Waals surface area contributed by atoms with Crippen LogP contribution in [0.1, 0.15) is 13.8 Å². The number of likely N-dealkylation sites (N-methyl/N-ethyl adjacent to an activating group) is 1. The molecular weight excluding hydrogens is 136 g/mol. The normalized spacial score (nSPS) is 14.7. The van der Waals surface area contributed by atoms with E-state index in [0.717, 1.165) is 5.06 Å². The Balaban J connectivity index is 3.50. The van der Waals surface area contributed by atoms with Gasteiger partial charge in [-0.1, -0.05) is 12.2 Å². The summed E-state index contributed by atoms with van der Waals surface area (Å²) in [5.41, 5.74) is 0. The lowest BCUT2D eigenvalue weighted by atomic mass is 10.3.